The van der Waals surface area contributed by atoms with Crippen molar-refractivity contribution in [3.05, 3.63) is 24.0 Å². The molecular weight excluding hydrogens is 175 g/mol. The molecule has 70 valence electrons. The van der Waals surface area contributed by atoms with Crippen LogP contribution in [-0.2, 0) is 4.79 Å². The van der Waals surface area contributed by atoms with Gasteiger partial charge in [0.25, 0.3) is 0 Å². The highest BCUT2D eigenvalue weighted by molar-refractivity contribution is 5.93. The molecule has 0 radical (unpaired) electrons. The summed E-state index contributed by atoms with van der Waals surface area (Å²) in [5, 5.41) is 11.3. The maximum atomic E-state index is 12.9. The molecule has 0 heterocycles. The van der Waals surface area contributed by atoms with Gasteiger partial charge in [0.2, 0.25) is 5.91 Å². The monoisotopic (exact) mass is 184 g/mol. The van der Waals surface area contributed by atoms with E-state index in [1.807, 2.05) is 0 Å². The van der Waals surface area contributed by atoms with E-state index in [1.54, 1.807) is 0 Å². The molecule has 0 unspecified atom stereocenters. The van der Waals surface area contributed by atoms with E-state index in [2.05, 4.69) is 5.32 Å². The van der Waals surface area contributed by atoms with E-state index < -0.39 is 11.7 Å². The zero-order valence-electron chi connectivity index (χ0n) is 6.75. The van der Waals surface area contributed by atoms with E-state index >= 15 is 0 Å². The third-order valence-electron chi connectivity index (χ3n) is 1.44. The van der Waals surface area contributed by atoms with Gasteiger partial charge in [-0.3, -0.25) is 4.79 Å². The van der Waals surface area contributed by atoms with Crippen molar-refractivity contribution in [2.45, 2.75) is 0 Å². The van der Waals surface area contributed by atoms with Crippen LogP contribution in [0.2, 0.25) is 0 Å². The molecule has 0 spiro atoms. The summed E-state index contributed by atoms with van der Waals surface area (Å²) in [7, 11) is 0. The lowest BCUT2D eigenvalue weighted by Gasteiger charge is -2.06. The quantitative estimate of drug-likeness (QED) is 0.583. The number of para-hydroxylation sites is 1. The molecule has 0 bridgehead atoms. The minimum Gasteiger partial charge on any atom is -0.506 e. The van der Waals surface area contributed by atoms with Gasteiger partial charge in [-0.25, -0.2) is 4.39 Å². The third-order valence-corrected chi connectivity index (χ3v) is 1.44. The molecule has 4 nitrogen and oxygen atoms in total. The molecule has 1 aromatic rings. The van der Waals surface area contributed by atoms with Crippen LogP contribution in [0.5, 0.6) is 5.75 Å². The Hall–Kier alpha value is -1.62. The fourth-order valence-corrected chi connectivity index (χ4v) is 0.827. The summed E-state index contributed by atoms with van der Waals surface area (Å²) in [6.07, 6.45) is 0. The van der Waals surface area contributed by atoms with Crippen LogP contribution in [0.3, 0.4) is 0 Å². The maximum Gasteiger partial charge on any atom is 0.238 e. The van der Waals surface area contributed by atoms with Crippen LogP contribution in [-0.4, -0.2) is 17.6 Å². The first-order chi connectivity index (χ1) is 6.15. The van der Waals surface area contributed by atoms with Crippen molar-refractivity contribution in [3.63, 3.8) is 0 Å². The largest absolute Gasteiger partial charge is 0.506 e. The van der Waals surface area contributed by atoms with Crippen molar-refractivity contribution >= 4 is 11.6 Å². The lowest BCUT2D eigenvalue weighted by Crippen LogP contribution is -2.22. The number of aromatic hydroxyl groups is 1. The first-order valence-corrected chi connectivity index (χ1v) is 3.62. The number of carbonyl (C=O) groups excluding carboxylic acids is 1. The molecule has 0 saturated carbocycles. The predicted octanol–water partition coefficient (Wildman–Crippen LogP) is 0.428. The molecule has 0 atom stereocenters. The summed E-state index contributed by atoms with van der Waals surface area (Å²) in [6.45, 7) is -0.256. The van der Waals surface area contributed by atoms with E-state index in [0.717, 1.165) is 6.07 Å². The number of nitrogens with one attached hydrogen (secondary N) is 1. The Morgan fingerprint density at radius 1 is 1.62 bits per heavy atom. The Bertz CT molecular complexity index is 308. The minimum atomic E-state index is -0.693. The first-order valence-electron chi connectivity index (χ1n) is 3.62. The Balaban J connectivity index is 2.93. The molecule has 0 aliphatic heterocycles. The van der Waals surface area contributed by atoms with Gasteiger partial charge in [-0.1, -0.05) is 6.07 Å². The average Bonchev–Trinajstić information content (AvgIpc) is 2.11. The van der Waals surface area contributed by atoms with Crippen molar-refractivity contribution in [2.75, 3.05) is 11.9 Å². The standard InChI is InChI=1S/C8H9FN2O2/c9-5-2-1-3-6(12)8(5)11-7(13)4-10/h1-3,12H,4,10H2,(H,11,13). The van der Waals surface area contributed by atoms with Crippen molar-refractivity contribution in [1.82, 2.24) is 0 Å². The zero-order chi connectivity index (χ0) is 9.84. The first kappa shape index (κ1) is 9.47. The number of carbonyl (C=O) groups is 1. The molecular formula is C8H9FN2O2. The Morgan fingerprint density at radius 3 is 2.85 bits per heavy atom. The van der Waals surface area contributed by atoms with Crippen LogP contribution >= 0.6 is 0 Å². The Kier molecular flexibility index (Phi) is 2.81. The van der Waals surface area contributed by atoms with Crippen molar-refractivity contribution in [3.8, 4) is 5.75 Å². The van der Waals surface area contributed by atoms with Gasteiger partial charge >= 0.3 is 0 Å². The number of hydrogen-bond acceptors (Lipinski definition) is 3. The van der Waals surface area contributed by atoms with E-state index in [9.17, 15) is 9.18 Å². The molecule has 4 N–H and O–H groups in total. The molecule has 0 aliphatic rings. The van der Waals surface area contributed by atoms with Gasteiger partial charge in [-0.15, -0.1) is 0 Å². The molecule has 1 amide bonds. The van der Waals surface area contributed by atoms with Gasteiger partial charge in [0, 0.05) is 0 Å². The van der Waals surface area contributed by atoms with Gasteiger partial charge in [0.15, 0.2) is 5.82 Å². The molecule has 13 heavy (non-hydrogen) atoms. The molecule has 1 rings (SSSR count). The second-order valence-corrected chi connectivity index (χ2v) is 2.39. The smallest absolute Gasteiger partial charge is 0.238 e. The van der Waals surface area contributed by atoms with Gasteiger partial charge in [-0.05, 0) is 12.1 Å². The number of benzene rings is 1. The minimum absolute atomic E-state index is 0.238. The van der Waals surface area contributed by atoms with Gasteiger partial charge in [0.05, 0.1) is 6.54 Å². The van der Waals surface area contributed by atoms with Crippen molar-refractivity contribution < 1.29 is 14.3 Å². The average molecular weight is 184 g/mol. The van der Waals surface area contributed by atoms with Gasteiger partial charge in [0.1, 0.15) is 11.4 Å². The lowest BCUT2D eigenvalue weighted by molar-refractivity contribution is -0.114. The van der Waals surface area contributed by atoms with Crippen LogP contribution in [0.4, 0.5) is 10.1 Å². The van der Waals surface area contributed by atoms with Crippen LogP contribution in [0.1, 0.15) is 0 Å². The molecule has 0 aromatic heterocycles. The van der Waals surface area contributed by atoms with Crippen LogP contribution in [0.15, 0.2) is 18.2 Å². The summed E-state index contributed by atoms with van der Waals surface area (Å²) in [4.78, 5) is 10.8. The van der Waals surface area contributed by atoms with Crippen LogP contribution in [0.25, 0.3) is 0 Å². The van der Waals surface area contributed by atoms with Crippen LogP contribution in [0, 0.1) is 5.82 Å². The number of halogens is 1. The number of amides is 1. The summed E-state index contributed by atoms with van der Waals surface area (Å²) >= 11 is 0. The molecule has 0 saturated heterocycles. The Labute approximate surface area is 74.2 Å². The van der Waals surface area contributed by atoms with Crippen LogP contribution < -0.4 is 11.1 Å². The van der Waals surface area contributed by atoms with Gasteiger partial charge < -0.3 is 16.2 Å². The van der Waals surface area contributed by atoms with Crippen molar-refractivity contribution in [2.24, 2.45) is 5.73 Å². The number of anilines is 1. The molecule has 1 aromatic carbocycles. The molecule has 0 aliphatic carbocycles. The predicted molar refractivity (Wildman–Crippen MR) is 45.7 cm³/mol. The summed E-state index contributed by atoms with van der Waals surface area (Å²) < 4.78 is 12.9. The summed E-state index contributed by atoms with van der Waals surface area (Å²) in [5.41, 5.74) is 4.77. The highest BCUT2D eigenvalue weighted by Crippen LogP contribution is 2.25. The summed E-state index contributed by atoms with van der Waals surface area (Å²) in [5.74, 6) is -1.57. The van der Waals surface area contributed by atoms with E-state index in [4.69, 9.17) is 10.8 Å². The number of phenolic OH excluding ortho intramolecular Hbond substituents is 1. The lowest BCUT2D eigenvalue weighted by atomic mass is 10.3. The topological polar surface area (TPSA) is 75.4 Å². The SMILES string of the molecule is NCC(=O)Nc1c(O)cccc1F. The maximum absolute atomic E-state index is 12.9. The molecule has 5 heteroatoms. The highest BCUT2D eigenvalue weighted by Gasteiger charge is 2.09. The van der Waals surface area contributed by atoms with E-state index in [-0.39, 0.29) is 18.0 Å². The normalized spacial score (nSPS) is 9.69. The zero-order valence-corrected chi connectivity index (χ0v) is 6.75. The fourth-order valence-electron chi connectivity index (χ4n) is 0.827. The summed E-state index contributed by atoms with van der Waals surface area (Å²) in [6, 6.07) is 3.74. The number of rotatable bonds is 2. The molecule has 0 fully saturated rings. The Morgan fingerprint density at radius 2 is 2.31 bits per heavy atom. The second-order valence-electron chi connectivity index (χ2n) is 2.39. The van der Waals surface area contributed by atoms with Gasteiger partial charge in [-0.2, -0.15) is 0 Å². The number of phenols is 1. The number of hydrogen-bond donors (Lipinski definition) is 3. The van der Waals surface area contributed by atoms with Crippen molar-refractivity contribution in [1.29, 1.82) is 0 Å². The third kappa shape index (κ3) is 2.16. The number of nitrogens with two attached hydrogens (primary N) is 1. The van der Waals surface area contributed by atoms with E-state index in [0.29, 0.717) is 0 Å². The highest BCUT2D eigenvalue weighted by atomic mass is 19.1. The fraction of sp³-hybridized carbons (Fsp3) is 0.125. The van der Waals surface area contributed by atoms with E-state index in [1.165, 1.54) is 12.1 Å². The second kappa shape index (κ2) is 3.86.